The second-order valence-corrected chi connectivity index (χ2v) is 6.90. The predicted molar refractivity (Wildman–Crippen MR) is 108 cm³/mol. The highest BCUT2D eigenvalue weighted by Gasteiger charge is 2.17. The molecule has 0 spiro atoms. The zero-order valence-electron chi connectivity index (χ0n) is 16.8. The average Bonchev–Trinajstić information content (AvgIpc) is 3.24. The quantitative estimate of drug-likeness (QED) is 0.757. The van der Waals surface area contributed by atoms with E-state index < -0.39 is 0 Å². The molecule has 2 aromatic rings. The summed E-state index contributed by atoms with van der Waals surface area (Å²) < 4.78 is 15.9. The number of nitrogens with zero attached hydrogens (tertiary/aromatic N) is 1. The van der Waals surface area contributed by atoms with Gasteiger partial charge in [-0.05, 0) is 49.2 Å². The summed E-state index contributed by atoms with van der Waals surface area (Å²) in [5.41, 5.74) is 2.82. The van der Waals surface area contributed by atoms with Crippen molar-refractivity contribution in [2.75, 3.05) is 34.4 Å². The van der Waals surface area contributed by atoms with Crippen LogP contribution in [0.1, 0.15) is 34.3 Å². The van der Waals surface area contributed by atoms with Gasteiger partial charge < -0.3 is 19.5 Å². The van der Waals surface area contributed by atoms with E-state index >= 15 is 0 Å². The van der Waals surface area contributed by atoms with E-state index in [-0.39, 0.29) is 5.91 Å². The first kappa shape index (κ1) is 20.0. The third kappa shape index (κ3) is 4.75. The Balaban J connectivity index is 1.67. The predicted octanol–water partition coefficient (Wildman–Crippen LogP) is 3.24. The Labute approximate surface area is 166 Å². The molecule has 2 aromatic carbocycles. The van der Waals surface area contributed by atoms with Gasteiger partial charge in [0, 0.05) is 18.7 Å². The van der Waals surface area contributed by atoms with E-state index in [4.69, 9.17) is 14.2 Å². The molecule has 0 radical (unpaired) electrons. The van der Waals surface area contributed by atoms with Crippen LogP contribution in [0.15, 0.2) is 36.4 Å². The van der Waals surface area contributed by atoms with Crippen LogP contribution in [-0.2, 0) is 13.1 Å². The molecule has 1 aliphatic heterocycles. The average molecular weight is 384 g/mol. The molecule has 0 saturated carbocycles. The molecule has 28 heavy (non-hydrogen) atoms. The molecular formula is C22H28N2O4. The van der Waals surface area contributed by atoms with Crippen LogP contribution >= 0.6 is 0 Å². The number of benzene rings is 2. The monoisotopic (exact) mass is 384 g/mol. The maximum Gasteiger partial charge on any atom is 0.251 e. The Morgan fingerprint density at radius 1 is 0.964 bits per heavy atom. The fraction of sp³-hybridized carbons (Fsp3) is 0.409. The van der Waals surface area contributed by atoms with Gasteiger partial charge in [0.15, 0.2) is 11.5 Å². The highest BCUT2D eigenvalue weighted by Crippen LogP contribution is 2.38. The number of likely N-dealkylation sites (tertiary alicyclic amines) is 1. The van der Waals surface area contributed by atoms with Crippen molar-refractivity contribution in [1.82, 2.24) is 10.2 Å². The summed E-state index contributed by atoms with van der Waals surface area (Å²) in [6, 6.07) is 11.7. The topological polar surface area (TPSA) is 60.0 Å². The molecule has 6 heteroatoms. The van der Waals surface area contributed by atoms with E-state index in [1.807, 2.05) is 12.1 Å². The standard InChI is InChI=1S/C22H28N2O4/c1-26-19-12-18(13-20(27-2)21(19)28-3)22(25)23-14-16-7-6-8-17(11-16)15-24-9-4-5-10-24/h6-8,11-13H,4-5,9-10,14-15H2,1-3H3,(H,23,25). The molecular weight excluding hydrogens is 356 g/mol. The van der Waals surface area contributed by atoms with Gasteiger partial charge in [0.25, 0.3) is 5.91 Å². The maximum atomic E-state index is 12.6. The van der Waals surface area contributed by atoms with E-state index in [0.717, 1.165) is 12.1 Å². The van der Waals surface area contributed by atoms with Crippen molar-refractivity contribution in [1.29, 1.82) is 0 Å². The summed E-state index contributed by atoms with van der Waals surface area (Å²) in [5.74, 6) is 1.19. The van der Waals surface area contributed by atoms with Crippen molar-refractivity contribution in [3.05, 3.63) is 53.1 Å². The Morgan fingerprint density at radius 3 is 2.21 bits per heavy atom. The van der Waals surface area contributed by atoms with E-state index in [1.54, 1.807) is 12.1 Å². The summed E-state index contributed by atoms with van der Waals surface area (Å²) in [7, 11) is 4.60. The summed E-state index contributed by atoms with van der Waals surface area (Å²) in [6.45, 7) is 3.77. The fourth-order valence-corrected chi connectivity index (χ4v) is 3.53. The number of hydrogen-bond donors (Lipinski definition) is 1. The first-order valence-electron chi connectivity index (χ1n) is 9.53. The number of carbonyl (C=O) groups is 1. The number of nitrogens with one attached hydrogen (secondary N) is 1. The van der Waals surface area contributed by atoms with Gasteiger partial charge in [-0.3, -0.25) is 9.69 Å². The fourth-order valence-electron chi connectivity index (χ4n) is 3.53. The minimum Gasteiger partial charge on any atom is -0.493 e. The van der Waals surface area contributed by atoms with Crippen LogP contribution in [-0.4, -0.2) is 45.2 Å². The molecule has 1 N–H and O–H groups in total. The minimum absolute atomic E-state index is 0.191. The minimum atomic E-state index is -0.191. The van der Waals surface area contributed by atoms with Gasteiger partial charge in [-0.2, -0.15) is 0 Å². The lowest BCUT2D eigenvalue weighted by molar-refractivity contribution is 0.0950. The largest absolute Gasteiger partial charge is 0.493 e. The number of ether oxygens (including phenoxy) is 3. The van der Waals surface area contributed by atoms with Crippen LogP contribution in [0, 0.1) is 0 Å². The van der Waals surface area contributed by atoms with Gasteiger partial charge in [0.2, 0.25) is 5.75 Å². The molecule has 3 rings (SSSR count). The second kappa shape index (κ2) is 9.46. The van der Waals surface area contributed by atoms with Gasteiger partial charge in [0.1, 0.15) is 0 Å². The molecule has 0 aromatic heterocycles. The molecule has 1 amide bonds. The lowest BCUT2D eigenvalue weighted by Crippen LogP contribution is -2.23. The summed E-state index contributed by atoms with van der Waals surface area (Å²) in [5, 5.41) is 2.97. The third-order valence-corrected chi connectivity index (χ3v) is 4.98. The van der Waals surface area contributed by atoms with Gasteiger partial charge in [-0.25, -0.2) is 0 Å². The normalized spacial score (nSPS) is 14.0. The van der Waals surface area contributed by atoms with Crippen LogP contribution in [0.25, 0.3) is 0 Å². The van der Waals surface area contributed by atoms with Gasteiger partial charge in [-0.1, -0.05) is 24.3 Å². The van der Waals surface area contributed by atoms with Crippen molar-refractivity contribution >= 4 is 5.91 Å². The Kier molecular flexibility index (Phi) is 6.76. The van der Waals surface area contributed by atoms with E-state index in [0.29, 0.717) is 29.4 Å². The molecule has 1 aliphatic rings. The van der Waals surface area contributed by atoms with Crippen LogP contribution in [0.5, 0.6) is 17.2 Å². The zero-order valence-corrected chi connectivity index (χ0v) is 16.8. The molecule has 0 aliphatic carbocycles. The van der Waals surface area contributed by atoms with E-state index in [1.165, 1.54) is 52.8 Å². The highest BCUT2D eigenvalue weighted by atomic mass is 16.5. The molecule has 0 bridgehead atoms. The molecule has 0 atom stereocenters. The van der Waals surface area contributed by atoms with Crippen molar-refractivity contribution in [3.63, 3.8) is 0 Å². The SMILES string of the molecule is COc1cc(C(=O)NCc2cccc(CN3CCCC3)c2)cc(OC)c1OC. The Morgan fingerprint density at radius 2 is 1.61 bits per heavy atom. The number of methoxy groups -OCH3 is 3. The van der Waals surface area contributed by atoms with Gasteiger partial charge >= 0.3 is 0 Å². The van der Waals surface area contributed by atoms with Crippen LogP contribution in [0.2, 0.25) is 0 Å². The Bertz CT molecular complexity index is 791. The van der Waals surface area contributed by atoms with Crippen LogP contribution in [0.3, 0.4) is 0 Å². The van der Waals surface area contributed by atoms with Crippen molar-refractivity contribution in [2.24, 2.45) is 0 Å². The lowest BCUT2D eigenvalue weighted by Gasteiger charge is -2.16. The molecule has 1 fully saturated rings. The van der Waals surface area contributed by atoms with Gasteiger partial charge in [-0.15, -0.1) is 0 Å². The first-order valence-corrected chi connectivity index (χ1v) is 9.53. The summed E-state index contributed by atoms with van der Waals surface area (Å²) >= 11 is 0. The van der Waals surface area contributed by atoms with Crippen LogP contribution < -0.4 is 19.5 Å². The van der Waals surface area contributed by atoms with Crippen LogP contribution in [0.4, 0.5) is 0 Å². The van der Waals surface area contributed by atoms with Crippen molar-refractivity contribution in [3.8, 4) is 17.2 Å². The number of hydrogen-bond acceptors (Lipinski definition) is 5. The number of amides is 1. The smallest absolute Gasteiger partial charge is 0.251 e. The van der Waals surface area contributed by atoms with Crippen molar-refractivity contribution < 1.29 is 19.0 Å². The molecule has 150 valence electrons. The molecule has 1 heterocycles. The van der Waals surface area contributed by atoms with E-state index in [9.17, 15) is 4.79 Å². The lowest BCUT2D eigenvalue weighted by atomic mass is 10.1. The first-order chi connectivity index (χ1) is 13.6. The third-order valence-electron chi connectivity index (χ3n) is 4.98. The number of rotatable bonds is 8. The molecule has 6 nitrogen and oxygen atoms in total. The number of carbonyl (C=O) groups excluding carboxylic acids is 1. The van der Waals surface area contributed by atoms with E-state index in [2.05, 4.69) is 22.3 Å². The van der Waals surface area contributed by atoms with Gasteiger partial charge in [0.05, 0.1) is 21.3 Å². The maximum absolute atomic E-state index is 12.6. The Hall–Kier alpha value is -2.73. The van der Waals surface area contributed by atoms with Crippen molar-refractivity contribution in [2.45, 2.75) is 25.9 Å². The highest BCUT2D eigenvalue weighted by molar-refractivity contribution is 5.95. The zero-order chi connectivity index (χ0) is 19.9. The summed E-state index contributed by atoms with van der Waals surface area (Å²) in [4.78, 5) is 15.1. The molecule has 1 saturated heterocycles. The summed E-state index contributed by atoms with van der Waals surface area (Å²) in [6.07, 6.45) is 2.56. The molecule has 0 unspecified atom stereocenters. The second-order valence-electron chi connectivity index (χ2n) is 6.90.